The second-order valence-corrected chi connectivity index (χ2v) is 8.91. The molecule has 0 unspecified atom stereocenters. The lowest BCUT2D eigenvalue weighted by Crippen LogP contribution is -2.35. The van der Waals surface area contributed by atoms with Crippen LogP contribution in [0.1, 0.15) is 30.9 Å². The SMILES string of the molecule is CCOC(=O)Cn1cc(CCN2CCC(Cc3ccc(Cl)cc3)CC2)c2ccccc21.Cl. The summed E-state index contributed by atoms with van der Waals surface area (Å²) >= 11 is 6.00. The van der Waals surface area contributed by atoms with E-state index in [-0.39, 0.29) is 24.9 Å². The van der Waals surface area contributed by atoms with Crippen LogP contribution in [0, 0.1) is 5.92 Å². The molecule has 0 radical (unpaired) electrons. The summed E-state index contributed by atoms with van der Waals surface area (Å²) in [6.07, 6.45) is 6.76. The van der Waals surface area contributed by atoms with Crippen molar-refractivity contribution in [1.29, 1.82) is 0 Å². The molecule has 1 saturated heterocycles. The molecule has 1 fully saturated rings. The molecule has 2 aromatic carbocycles. The maximum atomic E-state index is 12.0. The van der Waals surface area contributed by atoms with Gasteiger partial charge in [-0.25, -0.2) is 0 Å². The third kappa shape index (κ3) is 6.28. The fraction of sp³-hybridized carbons (Fsp3) is 0.423. The third-order valence-electron chi connectivity index (χ3n) is 6.32. The Morgan fingerprint density at radius 3 is 2.53 bits per heavy atom. The van der Waals surface area contributed by atoms with Crippen molar-refractivity contribution in [2.24, 2.45) is 5.92 Å². The van der Waals surface area contributed by atoms with Crippen LogP contribution in [0.4, 0.5) is 0 Å². The van der Waals surface area contributed by atoms with Gasteiger partial charge in [-0.2, -0.15) is 0 Å². The summed E-state index contributed by atoms with van der Waals surface area (Å²) in [5, 5.41) is 2.05. The molecular weight excluding hydrogens is 443 g/mol. The molecule has 0 atom stereocenters. The van der Waals surface area contributed by atoms with E-state index >= 15 is 0 Å². The molecule has 32 heavy (non-hydrogen) atoms. The number of hydrogen-bond acceptors (Lipinski definition) is 3. The number of benzene rings is 2. The number of carbonyl (C=O) groups is 1. The van der Waals surface area contributed by atoms with E-state index in [9.17, 15) is 4.79 Å². The van der Waals surface area contributed by atoms with Crippen LogP contribution in [0.5, 0.6) is 0 Å². The molecule has 172 valence electrons. The first-order valence-corrected chi connectivity index (χ1v) is 11.7. The van der Waals surface area contributed by atoms with Gasteiger partial charge in [-0.3, -0.25) is 4.79 Å². The number of piperidine rings is 1. The lowest BCUT2D eigenvalue weighted by Gasteiger charge is -2.32. The molecule has 4 rings (SSSR count). The molecule has 1 aliphatic rings. The van der Waals surface area contributed by atoms with E-state index in [1.807, 2.05) is 29.7 Å². The number of likely N-dealkylation sites (tertiary alicyclic amines) is 1. The first kappa shape index (κ1) is 24.6. The van der Waals surface area contributed by atoms with E-state index in [4.69, 9.17) is 16.3 Å². The lowest BCUT2D eigenvalue weighted by molar-refractivity contribution is -0.143. The summed E-state index contributed by atoms with van der Waals surface area (Å²) < 4.78 is 7.17. The molecule has 0 spiro atoms. The molecule has 1 aliphatic heterocycles. The topological polar surface area (TPSA) is 34.5 Å². The van der Waals surface area contributed by atoms with Crippen LogP contribution < -0.4 is 0 Å². The normalized spacial score (nSPS) is 14.9. The Hall–Kier alpha value is -2.01. The number of esters is 1. The monoisotopic (exact) mass is 474 g/mol. The number of para-hydroxylation sites is 1. The quantitative estimate of drug-likeness (QED) is 0.388. The minimum Gasteiger partial charge on any atom is -0.465 e. The second kappa shape index (κ2) is 11.7. The number of hydrogen-bond donors (Lipinski definition) is 0. The van der Waals surface area contributed by atoms with Crippen LogP contribution in [0.3, 0.4) is 0 Å². The molecule has 0 N–H and O–H groups in total. The van der Waals surface area contributed by atoms with Crippen LogP contribution in [-0.2, 0) is 28.9 Å². The van der Waals surface area contributed by atoms with Crippen LogP contribution in [0.25, 0.3) is 10.9 Å². The van der Waals surface area contributed by atoms with Gasteiger partial charge in [0.25, 0.3) is 0 Å². The van der Waals surface area contributed by atoms with Gasteiger partial charge in [0.05, 0.1) is 6.61 Å². The van der Waals surface area contributed by atoms with Crippen molar-refractivity contribution in [1.82, 2.24) is 9.47 Å². The summed E-state index contributed by atoms with van der Waals surface area (Å²) in [6.45, 7) is 5.89. The predicted octanol–water partition coefficient (Wildman–Crippen LogP) is 5.78. The van der Waals surface area contributed by atoms with Gasteiger partial charge in [-0.15, -0.1) is 12.4 Å². The Morgan fingerprint density at radius 1 is 1.09 bits per heavy atom. The molecule has 2 heterocycles. The molecule has 0 saturated carbocycles. The van der Waals surface area contributed by atoms with Crippen LogP contribution >= 0.6 is 24.0 Å². The van der Waals surface area contributed by atoms with E-state index < -0.39 is 0 Å². The summed E-state index contributed by atoms with van der Waals surface area (Å²) in [7, 11) is 0. The van der Waals surface area contributed by atoms with E-state index in [0.29, 0.717) is 6.61 Å². The standard InChI is InChI=1S/C26H31ClN2O2.ClH/c1-2-31-26(30)19-29-18-22(24-5-3-4-6-25(24)29)13-16-28-14-11-21(12-15-28)17-20-7-9-23(27)10-8-20;/h3-10,18,21H,2,11-17,19H2,1H3;1H. The van der Waals surface area contributed by atoms with Gasteiger partial charge in [0.15, 0.2) is 0 Å². The Kier molecular flexibility index (Phi) is 9.03. The van der Waals surface area contributed by atoms with Gasteiger partial charge in [0, 0.05) is 28.7 Å². The average molecular weight is 475 g/mol. The lowest BCUT2D eigenvalue weighted by atomic mass is 9.90. The molecule has 0 aliphatic carbocycles. The van der Waals surface area contributed by atoms with E-state index in [1.165, 1.54) is 29.4 Å². The number of ether oxygens (including phenoxy) is 1. The van der Waals surface area contributed by atoms with Gasteiger partial charge in [0.1, 0.15) is 6.54 Å². The van der Waals surface area contributed by atoms with E-state index in [0.717, 1.165) is 48.9 Å². The predicted molar refractivity (Wildman–Crippen MR) is 134 cm³/mol. The number of aromatic nitrogens is 1. The maximum absolute atomic E-state index is 12.0. The first-order chi connectivity index (χ1) is 15.1. The highest BCUT2D eigenvalue weighted by Crippen LogP contribution is 2.25. The fourth-order valence-electron chi connectivity index (χ4n) is 4.65. The highest BCUT2D eigenvalue weighted by atomic mass is 35.5. The average Bonchev–Trinajstić information content (AvgIpc) is 3.12. The van der Waals surface area contributed by atoms with Gasteiger partial charge in [-0.1, -0.05) is 41.9 Å². The van der Waals surface area contributed by atoms with Crippen molar-refractivity contribution in [2.75, 3.05) is 26.2 Å². The molecule has 4 nitrogen and oxygen atoms in total. The molecule has 3 aromatic rings. The number of carbonyl (C=O) groups excluding carboxylic acids is 1. The van der Waals surface area contributed by atoms with Crippen LogP contribution in [0.2, 0.25) is 5.02 Å². The van der Waals surface area contributed by atoms with Gasteiger partial charge < -0.3 is 14.2 Å². The highest BCUT2D eigenvalue weighted by molar-refractivity contribution is 6.30. The summed E-state index contributed by atoms with van der Waals surface area (Å²) in [4.78, 5) is 14.6. The fourth-order valence-corrected chi connectivity index (χ4v) is 4.77. The zero-order valence-electron chi connectivity index (χ0n) is 18.6. The van der Waals surface area contributed by atoms with E-state index in [2.05, 4.69) is 41.4 Å². The summed E-state index contributed by atoms with van der Waals surface area (Å²) in [5.74, 6) is 0.571. The van der Waals surface area contributed by atoms with Crippen LogP contribution in [-0.4, -0.2) is 41.7 Å². The highest BCUT2D eigenvalue weighted by Gasteiger charge is 2.20. The number of nitrogens with zero attached hydrogens (tertiary/aromatic N) is 2. The maximum Gasteiger partial charge on any atom is 0.325 e. The second-order valence-electron chi connectivity index (χ2n) is 8.47. The third-order valence-corrected chi connectivity index (χ3v) is 6.57. The van der Waals surface area contributed by atoms with Crippen LogP contribution in [0.15, 0.2) is 54.7 Å². The molecular formula is C26H32Cl2N2O2. The smallest absolute Gasteiger partial charge is 0.325 e. The minimum absolute atomic E-state index is 0. The minimum atomic E-state index is -0.183. The van der Waals surface area contributed by atoms with Crippen molar-refractivity contribution in [3.8, 4) is 0 Å². The van der Waals surface area contributed by atoms with Crippen molar-refractivity contribution >= 4 is 40.9 Å². The largest absolute Gasteiger partial charge is 0.465 e. The molecule has 0 amide bonds. The summed E-state index contributed by atoms with van der Waals surface area (Å²) in [5.41, 5.74) is 3.80. The first-order valence-electron chi connectivity index (χ1n) is 11.3. The Morgan fingerprint density at radius 2 is 1.81 bits per heavy atom. The van der Waals surface area contributed by atoms with Crippen molar-refractivity contribution < 1.29 is 9.53 Å². The molecule has 1 aromatic heterocycles. The van der Waals surface area contributed by atoms with Gasteiger partial charge >= 0.3 is 5.97 Å². The van der Waals surface area contributed by atoms with Crippen molar-refractivity contribution in [2.45, 2.75) is 39.2 Å². The zero-order valence-corrected chi connectivity index (χ0v) is 20.2. The van der Waals surface area contributed by atoms with Gasteiger partial charge in [0.2, 0.25) is 0 Å². The zero-order chi connectivity index (χ0) is 21.6. The van der Waals surface area contributed by atoms with Crippen molar-refractivity contribution in [3.63, 3.8) is 0 Å². The summed E-state index contributed by atoms with van der Waals surface area (Å²) in [6, 6.07) is 16.6. The van der Waals surface area contributed by atoms with Crippen molar-refractivity contribution in [3.05, 3.63) is 70.9 Å². The number of rotatable bonds is 8. The Balaban J connectivity index is 0.00000289. The Bertz CT molecular complexity index is 1010. The van der Waals surface area contributed by atoms with Gasteiger partial charge in [-0.05, 0) is 80.9 Å². The van der Waals surface area contributed by atoms with E-state index in [1.54, 1.807) is 0 Å². The Labute approximate surface area is 201 Å². The number of halogens is 2. The molecule has 0 bridgehead atoms. The molecule has 6 heteroatoms. The number of fused-ring (bicyclic) bond motifs is 1.